The number of halogens is 1. The first kappa shape index (κ1) is 14.3. The second-order valence-corrected chi connectivity index (χ2v) is 7.03. The summed E-state index contributed by atoms with van der Waals surface area (Å²) in [6.45, 7) is 6.63. The molecule has 0 aliphatic carbocycles. The Kier molecular flexibility index (Phi) is 4.12. The molecule has 2 aromatic carbocycles. The van der Waals surface area contributed by atoms with Gasteiger partial charge in [-0.2, -0.15) is 0 Å². The normalized spacial score (nSPS) is 11.6. The third-order valence-electron chi connectivity index (χ3n) is 2.94. The molecule has 1 nitrogen and oxygen atoms in total. The summed E-state index contributed by atoms with van der Waals surface area (Å²) in [4.78, 5) is 2.07. The minimum absolute atomic E-state index is 0.173. The monoisotopic (exact) mass is 291 g/mol. The van der Waals surface area contributed by atoms with Crippen molar-refractivity contribution in [2.45, 2.75) is 36.0 Å². The Morgan fingerprint density at radius 3 is 2.16 bits per heavy atom. The van der Waals surface area contributed by atoms with Crippen molar-refractivity contribution in [3.63, 3.8) is 0 Å². The van der Waals surface area contributed by atoms with Crippen molar-refractivity contribution >= 4 is 29.1 Å². The van der Waals surface area contributed by atoms with Gasteiger partial charge in [0.25, 0.3) is 0 Å². The number of hydrogen-bond acceptors (Lipinski definition) is 2. The van der Waals surface area contributed by atoms with Crippen LogP contribution in [0.25, 0.3) is 0 Å². The molecule has 2 aromatic rings. The van der Waals surface area contributed by atoms with Crippen LogP contribution in [-0.4, -0.2) is 0 Å². The molecule has 2 rings (SSSR count). The molecule has 0 saturated heterocycles. The Hall–Kier alpha value is -1.12. The molecule has 0 aliphatic heterocycles. The number of hydrogen-bond donors (Lipinski definition) is 1. The highest BCUT2D eigenvalue weighted by molar-refractivity contribution is 7.99. The first-order valence-corrected chi connectivity index (χ1v) is 7.40. The SMILES string of the molecule is CC(C)(C)c1ccc(Sc2c(N)cccc2Cl)cc1. The van der Waals surface area contributed by atoms with Gasteiger partial charge in [-0.15, -0.1) is 0 Å². The van der Waals surface area contributed by atoms with Crippen LogP contribution >= 0.6 is 23.4 Å². The van der Waals surface area contributed by atoms with Crippen molar-refractivity contribution < 1.29 is 0 Å². The minimum atomic E-state index is 0.173. The van der Waals surface area contributed by atoms with Gasteiger partial charge in [-0.1, -0.05) is 62.3 Å². The zero-order chi connectivity index (χ0) is 14.0. The summed E-state index contributed by atoms with van der Waals surface area (Å²) >= 11 is 7.79. The third kappa shape index (κ3) is 3.46. The molecule has 0 bridgehead atoms. The Labute approximate surface area is 124 Å². The van der Waals surface area contributed by atoms with Crippen LogP contribution in [0.1, 0.15) is 26.3 Å². The number of nitrogen functional groups attached to an aromatic ring is 1. The van der Waals surface area contributed by atoms with Crippen LogP contribution in [0.3, 0.4) is 0 Å². The van der Waals surface area contributed by atoms with Gasteiger partial charge < -0.3 is 5.73 Å². The van der Waals surface area contributed by atoms with Gasteiger partial charge in [0, 0.05) is 10.6 Å². The van der Waals surface area contributed by atoms with Crippen LogP contribution in [0, 0.1) is 0 Å². The molecule has 0 aromatic heterocycles. The lowest BCUT2D eigenvalue weighted by atomic mass is 9.87. The van der Waals surface area contributed by atoms with Gasteiger partial charge in [0.15, 0.2) is 0 Å². The predicted octanol–water partition coefficient (Wildman–Crippen LogP) is 5.37. The summed E-state index contributed by atoms with van der Waals surface area (Å²) in [7, 11) is 0. The smallest absolute Gasteiger partial charge is 0.0566 e. The van der Waals surface area contributed by atoms with E-state index in [1.807, 2.05) is 18.2 Å². The minimum Gasteiger partial charge on any atom is -0.398 e. The van der Waals surface area contributed by atoms with Crippen LogP contribution in [0.2, 0.25) is 5.02 Å². The highest BCUT2D eigenvalue weighted by Crippen LogP contribution is 2.38. The maximum absolute atomic E-state index is 6.18. The highest BCUT2D eigenvalue weighted by Gasteiger charge is 2.13. The van der Waals surface area contributed by atoms with Gasteiger partial charge in [-0.25, -0.2) is 0 Å². The quantitative estimate of drug-likeness (QED) is 0.753. The van der Waals surface area contributed by atoms with Crippen LogP contribution < -0.4 is 5.73 Å². The topological polar surface area (TPSA) is 26.0 Å². The van der Waals surface area contributed by atoms with Gasteiger partial charge in [-0.05, 0) is 35.2 Å². The van der Waals surface area contributed by atoms with Crippen molar-refractivity contribution in [3.8, 4) is 0 Å². The first-order valence-electron chi connectivity index (χ1n) is 6.20. The second-order valence-electron chi connectivity index (χ2n) is 5.53. The van der Waals surface area contributed by atoms with Crippen molar-refractivity contribution in [2.24, 2.45) is 0 Å². The van der Waals surface area contributed by atoms with Crippen molar-refractivity contribution in [2.75, 3.05) is 5.73 Å². The number of rotatable bonds is 2. The highest BCUT2D eigenvalue weighted by atomic mass is 35.5. The lowest BCUT2D eigenvalue weighted by Gasteiger charge is -2.19. The summed E-state index contributed by atoms with van der Waals surface area (Å²) in [5.74, 6) is 0. The molecular weight excluding hydrogens is 274 g/mol. The first-order chi connectivity index (χ1) is 8.88. The molecule has 19 heavy (non-hydrogen) atoms. The Bertz CT molecular complexity index is 550. The molecule has 0 unspecified atom stereocenters. The Morgan fingerprint density at radius 1 is 1.00 bits per heavy atom. The third-order valence-corrected chi connectivity index (χ3v) is 4.53. The van der Waals surface area contributed by atoms with E-state index < -0.39 is 0 Å². The van der Waals surface area contributed by atoms with E-state index in [-0.39, 0.29) is 5.41 Å². The molecule has 0 spiro atoms. The zero-order valence-corrected chi connectivity index (χ0v) is 13.0. The Balaban J connectivity index is 2.25. The summed E-state index contributed by atoms with van der Waals surface area (Å²) in [6.07, 6.45) is 0. The van der Waals surface area contributed by atoms with Gasteiger partial charge in [0.05, 0.1) is 9.92 Å². The maximum atomic E-state index is 6.18. The van der Waals surface area contributed by atoms with E-state index in [2.05, 4.69) is 45.0 Å². The average Bonchev–Trinajstić information content (AvgIpc) is 2.33. The molecule has 2 N–H and O–H groups in total. The van der Waals surface area contributed by atoms with E-state index in [4.69, 9.17) is 17.3 Å². The summed E-state index contributed by atoms with van der Waals surface area (Å²) < 4.78 is 0. The fourth-order valence-corrected chi connectivity index (χ4v) is 2.93. The van der Waals surface area contributed by atoms with Gasteiger partial charge in [0.1, 0.15) is 0 Å². The number of nitrogens with two attached hydrogens (primary N) is 1. The molecule has 100 valence electrons. The van der Waals surface area contributed by atoms with E-state index in [1.54, 1.807) is 11.8 Å². The van der Waals surface area contributed by atoms with E-state index >= 15 is 0 Å². The molecule has 3 heteroatoms. The second kappa shape index (κ2) is 5.48. The molecule has 0 fully saturated rings. The summed E-state index contributed by atoms with van der Waals surface area (Å²) in [6, 6.07) is 14.2. The standard InChI is InChI=1S/C16H18ClNS/c1-16(2,3)11-7-9-12(10-8-11)19-15-13(17)5-4-6-14(15)18/h4-10H,18H2,1-3H3. The van der Waals surface area contributed by atoms with Crippen molar-refractivity contribution in [3.05, 3.63) is 53.1 Å². The van der Waals surface area contributed by atoms with E-state index in [9.17, 15) is 0 Å². The number of anilines is 1. The lowest BCUT2D eigenvalue weighted by molar-refractivity contribution is 0.590. The van der Waals surface area contributed by atoms with Crippen LogP contribution in [0.4, 0.5) is 5.69 Å². The molecule has 0 saturated carbocycles. The van der Waals surface area contributed by atoms with E-state index in [1.165, 1.54) is 5.56 Å². The van der Waals surface area contributed by atoms with Gasteiger partial charge in [0.2, 0.25) is 0 Å². The molecule has 0 radical (unpaired) electrons. The summed E-state index contributed by atoms with van der Waals surface area (Å²) in [5.41, 5.74) is 8.18. The fourth-order valence-electron chi connectivity index (χ4n) is 1.77. The van der Waals surface area contributed by atoms with E-state index in [0.717, 1.165) is 15.5 Å². The molecule has 0 heterocycles. The lowest BCUT2D eigenvalue weighted by Crippen LogP contribution is -2.10. The van der Waals surface area contributed by atoms with E-state index in [0.29, 0.717) is 5.02 Å². The van der Waals surface area contributed by atoms with Crippen LogP contribution in [0.15, 0.2) is 52.3 Å². The Morgan fingerprint density at radius 2 is 1.63 bits per heavy atom. The molecule has 0 atom stereocenters. The molecular formula is C16H18ClNS. The van der Waals surface area contributed by atoms with Gasteiger partial charge in [-0.3, -0.25) is 0 Å². The van der Waals surface area contributed by atoms with Crippen LogP contribution in [0.5, 0.6) is 0 Å². The number of benzene rings is 2. The molecule has 0 amide bonds. The summed E-state index contributed by atoms with van der Waals surface area (Å²) in [5, 5.41) is 0.699. The largest absolute Gasteiger partial charge is 0.398 e. The fraction of sp³-hybridized carbons (Fsp3) is 0.250. The van der Waals surface area contributed by atoms with Crippen molar-refractivity contribution in [1.82, 2.24) is 0 Å². The molecule has 0 aliphatic rings. The average molecular weight is 292 g/mol. The van der Waals surface area contributed by atoms with Crippen molar-refractivity contribution in [1.29, 1.82) is 0 Å². The predicted molar refractivity (Wildman–Crippen MR) is 85.1 cm³/mol. The zero-order valence-electron chi connectivity index (χ0n) is 11.4. The maximum Gasteiger partial charge on any atom is 0.0566 e. The van der Waals surface area contributed by atoms with Gasteiger partial charge >= 0.3 is 0 Å². The van der Waals surface area contributed by atoms with Crippen LogP contribution in [-0.2, 0) is 5.41 Å².